The van der Waals surface area contributed by atoms with Crippen LogP contribution in [0.2, 0.25) is 0 Å². The van der Waals surface area contributed by atoms with Crippen LogP contribution in [0.25, 0.3) is 0 Å². The van der Waals surface area contributed by atoms with Crippen molar-refractivity contribution in [3.63, 3.8) is 0 Å². The van der Waals surface area contributed by atoms with Gasteiger partial charge in [0.2, 0.25) is 10.0 Å². The molecule has 1 unspecified atom stereocenters. The highest BCUT2D eigenvalue weighted by molar-refractivity contribution is 7.89. The summed E-state index contributed by atoms with van der Waals surface area (Å²) in [5, 5.41) is 0. The van der Waals surface area contributed by atoms with Gasteiger partial charge in [0, 0.05) is 0 Å². The lowest BCUT2D eigenvalue weighted by atomic mass is 9.99. The van der Waals surface area contributed by atoms with E-state index in [0.29, 0.717) is 4.90 Å². The lowest BCUT2D eigenvalue weighted by molar-refractivity contribution is 0.571. The zero-order chi connectivity index (χ0) is 19.6. The number of nitrogens with one attached hydrogen (secondary N) is 1. The van der Waals surface area contributed by atoms with Gasteiger partial charge in [-0.3, -0.25) is 0 Å². The average molecular weight is 380 g/mol. The average Bonchev–Trinajstić information content (AvgIpc) is 2.60. The van der Waals surface area contributed by atoms with Crippen LogP contribution in [0.15, 0.2) is 71.6 Å². The molecule has 140 valence electrons. The van der Waals surface area contributed by atoms with E-state index in [2.05, 4.69) is 4.72 Å². The Balaban J connectivity index is 2.08. The zero-order valence-electron chi connectivity index (χ0n) is 16.2. The second-order valence-electron chi connectivity index (χ2n) is 7.10. The Bertz CT molecular complexity index is 1020. The van der Waals surface area contributed by atoms with Gasteiger partial charge in [0.15, 0.2) is 0 Å². The van der Waals surface area contributed by atoms with Crippen molar-refractivity contribution in [1.82, 2.24) is 4.72 Å². The maximum Gasteiger partial charge on any atom is 0.241 e. The van der Waals surface area contributed by atoms with Gasteiger partial charge in [0.05, 0.1) is 10.9 Å². The van der Waals surface area contributed by atoms with E-state index in [4.69, 9.17) is 0 Å². The van der Waals surface area contributed by atoms with E-state index in [1.165, 1.54) is 0 Å². The van der Waals surface area contributed by atoms with E-state index in [1.54, 1.807) is 0 Å². The van der Waals surface area contributed by atoms with Crippen molar-refractivity contribution in [2.24, 2.45) is 0 Å². The van der Waals surface area contributed by atoms with Gasteiger partial charge in [-0.2, -0.15) is 4.72 Å². The molecule has 0 aromatic heterocycles. The van der Waals surface area contributed by atoms with Crippen LogP contribution < -0.4 is 4.72 Å². The molecule has 3 aromatic carbocycles. The van der Waals surface area contributed by atoms with E-state index in [0.717, 1.165) is 33.4 Å². The third-order valence-electron chi connectivity index (χ3n) is 4.69. The smallest absolute Gasteiger partial charge is 0.207 e. The molecule has 0 saturated carbocycles. The molecular formula is C23H25NO2S. The molecule has 0 radical (unpaired) electrons. The van der Waals surface area contributed by atoms with Gasteiger partial charge in [-0.1, -0.05) is 77.9 Å². The van der Waals surface area contributed by atoms with Crippen molar-refractivity contribution in [1.29, 1.82) is 0 Å². The molecule has 3 rings (SSSR count). The molecule has 0 aliphatic heterocycles. The Morgan fingerprint density at radius 3 is 1.78 bits per heavy atom. The fraction of sp³-hybridized carbons (Fsp3) is 0.217. The largest absolute Gasteiger partial charge is 0.241 e. The summed E-state index contributed by atoms with van der Waals surface area (Å²) in [6.45, 7) is 7.68. The van der Waals surface area contributed by atoms with Gasteiger partial charge in [-0.15, -0.1) is 0 Å². The maximum atomic E-state index is 13.3. The summed E-state index contributed by atoms with van der Waals surface area (Å²) in [5.74, 6) is 0. The normalized spacial score (nSPS) is 12.7. The first kappa shape index (κ1) is 19.3. The van der Waals surface area contributed by atoms with E-state index in [-0.39, 0.29) is 0 Å². The van der Waals surface area contributed by atoms with Gasteiger partial charge < -0.3 is 0 Å². The molecule has 0 amide bonds. The zero-order valence-corrected chi connectivity index (χ0v) is 17.0. The Labute approximate surface area is 162 Å². The summed E-state index contributed by atoms with van der Waals surface area (Å²) in [5.41, 5.74) is 5.54. The first-order chi connectivity index (χ1) is 12.8. The van der Waals surface area contributed by atoms with Crippen LogP contribution in [-0.4, -0.2) is 8.42 Å². The third-order valence-corrected chi connectivity index (χ3v) is 6.42. The van der Waals surface area contributed by atoms with Crippen LogP contribution in [0.4, 0.5) is 0 Å². The lowest BCUT2D eigenvalue weighted by Crippen LogP contribution is -2.30. The highest BCUT2D eigenvalue weighted by Gasteiger charge is 2.25. The van der Waals surface area contributed by atoms with Crippen molar-refractivity contribution in [3.8, 4) is 0 Å². The second-order valence-corrected chi connectivity index (χ2v) is 8.75. The van der Waals surface area contributed by atoms with Crippen molar-refractivity contribution in [2.75, 3.05) is 0 Å². The molecule has 0 aliphatic carbocycles. The van der Waals surface area contributed by atoms with E-state index < -0.39 is 16.1 Å². The van der Waals surface area contributed by atoms with Crippen LogP contribution in [0.1, 0.15) is 39.4 Å². The monoisotopic (exact) mass is 379 g/mol. The summed E-state index contributed by atoms with van der Waals surface area (Å²) in [6, 6.07) is 21.0. The summed E-state index contributed by atoms with van der Waals surface area (Å²) < 4.78 is 29.5. The lowest BCUT2D eigenvalue weighted by Gasteiger charge is -2.22. The van der Waals surface area contributed by atoms with Gasteiger partial charge in [0.1, 0.15) is 0 Å². The van der Waals surface area contributed by atoms with Crippen LogP contribution >= 0.6 is 0 Å². The molecule has 1 N–H and O–H groups in total. The highest BCUT2D eigenvalue weighted by atomic mass is 32.2. The van der Waals surface area contributed by atoms with Crippen molar-refractivity contribution >= 4 is 10.0 Å². The molecule has 0 bridgehead atoms. The molecule has 1 atom stereocenters. The fourth-order valence-electron chi connectivity index (χ4n) is 3.54. The fourth-order valence-corrected chi connectivity index (χ4v) is 5.20. The molecule has 4 heteroatoms. The number of hydrogen-bond acceptors (Lipinski definition) is 2. The number of aryl methyl sites for hydroxylation is 4. The Kier molecular flexibility index (Phi) is 5.49. The number of hydrogen-bond donors (Lipinski definition) is 1. The van der Waals surface area contributed by atoms with Crippen molar-refractivity contribution < 1.29 is 8.42 Å². The quantitative estimate of drug-likeness (QED) is 0.679. The minimum absolute atomic E-state index is 0.362. The Hall–Kier alpha value is -2.43. The van der Waals surface area contributed by atoms with E-state index >= 15 is 0 Å². The first-order valence-corrected chi connectivity index (χ1v) is 10.5. The minimum atomic E-state index is -3.69. The van der Waals surface area contributed by atoms with Gasteiger partial charge in [0.25, 0.3) is 0 Å². The van der Waals surface area contributed by atoms with Gasteiger partial charge in [-0.05, 0) is 49.9 Å². The molecule has 0 fully saturated rings. The van der Waals surface area contributed by atoms with E-state index in [1.807, 2.05) is 94.4 Å². The summed E-state index contributed by atoms with van der Waals surface area (Å²) in [7, 11) is -3.69. The molecule has 3 nitrogen and oxygen atoms in total. The number of rotatable bonds is 5. The van der Waals surface area contributed by atoms with Crippen LogP contribution in [0.3, 0.4) is 0 Å². The predicted molar refractivity (Wildman–Crippen MR) is 110 cm³/mol. The van der Waals surface area contributed by atoms with Crippen LogP contribution in [-0.2, 0) is 10.0 Å². The third kappa shape index (κ3) is 4.29. The summed E-state index contributed by atoms with van der Waals surface area (Å²) >= 11 is 0. The van der Waals surface area contributed by atoms with Gasteiger partial charge in [-0.25, -0.2) is 8.42 Å². The number of benzene rings is 3. The van der Waals surface area contributed by atoms with Crippen molar-refractivity contribution in [2.45, 2.75) is 38.6 Å². The molecule has 0 spiro atoms. The van der Waals surface area contributed by atoms with E-state index in [9.17, 15) is 8.42 Å². The SMILES string of the molecule is Cc1ccc(C(NS(=O)(=O)c2c(C)cc(C)cc2C)c2ccccc2)cc1. The van der Waals surface area contributed by atoms with Gasteiger partial charge >= 0.3 is 0 Å². The van der Waals surface area contributed by atoms with Crippen LogP contribution in [0, 0.1) is 27.7 Å². The molecule has 27 heavy (non-hydrogen) atoms. The minimum Gasteiger partial charge on any atom is -0.207 e. The Morgan fingerprint density at radius 1 is 0.704 bits per heavy atom. The molecule has 0 heterocycles. The second kappa shape index (κ2) is 7.67. The molecule has 3 aromatic rings. The maximum absolute atomic E-state index is 13.3. The standard InChI is InChI=1S/C23H25NO2S/c1-16-10-12-21(13-11-16)22(20-8-6-5-7-9-20)24-27(25,26)23-18(3)14-17(2)15-19(23)4/h5-15,22,24H,1-4H3. The topological polar surface area (TPSA) is 46.2 Å². The molecular weight excluding hydrogens is 354 g/mol. The summed E-state index contributed by atoms with van der Waals surface area (Å²) in [6.07, 6.45) is 0. The molecule has 0 saturated heterocycles. The Morgan fingerprint density at radius 2 is 1.22 bits per heavy atom. The number of sulfonamides is 1. The molecule has 0 aliphatic rings. The summed E-state index contributed by atoms with van der Waals surface area (Å²) in [4.78, 5) is 0.362. The van der Waals surface area contributed by atoms with Crippen molar-refractivity contribution in [3.05, 3.63) is 100 Å². The van der Waals surface area contributed by atoms with Crippen LogP contribution in [0.5, 0.6) is 0 Å². The predicted octanol–water partition coefficient (Wildman–Crippen LogP) is 4.99. The highest BCUT2D eigenvalue weighted by Crippen LogP contribution is 2.28. The first-order valence-electron chi connectivity index (χ1n) is 8.99.